The number of amides is 1. The molecule has 0 aliphatic heterocycles. The number of sulfonamides is 1. The summed E-state index contributed by atoms with van der Waals surface area (Å²) in [6.07, 6.45) is -1.09. The highest BCUT2D eigenvalue weighted by Gasteiger charge is 2.37. The number of para-hydroxylation sites is 1. The minimum Gasteiger partial charge on any atom is -0.413 e. The number of rotatable bonds is 4. The van der Waals surface area contributed by atoms with Crippen molar-refractivity contribution in [2.75, 3.05) is 4.31 Å². The lowest BCUT2D eigenvalue weighted by molar-refractivity contribution is 0.211. The lowest BCUT2D eigenvalue weighted by Crippen LogP contribution is -2.40. The van der Waals surface area contributed by atoms with E-state index in [0.717, 1.165) is 22.5 Å². The molecule has 0 N–H and O–H groups in total. The van der Waals surface area contributed by atoms with Crippen LogP contribution in [0.15, 0.2) is 80.8 Å². The number of nitrogens with zero attached hydrogens (tertiary/aromatic N) is 1. The number of aryl methyl sites for hydroxylation is 2. The molecule has 0 atom stereocenters. The topological polar surface area (TPSA) is 93.9 Å². The summed E-state index contributed by atoms with van der Waals surface area (Å²) >= 11 is 0.836. The molecule has 5 rings (SSSR count). The van der Waals surface area contributed by atoms with Crippen LogP contribution in [0, 0.1) is 27.7 Å². The molecular formula is C28H23NO6S2. The molecule has 0 radical (unpaired) electrons. The van der Waals surface area contributed by atoms with Gasteiger partial charge in [0.15, 0.2) is 5.58 Å². The summed E-state index contributed by atoms with van der Waals surface area (Å²) in [5, 5.41) is 0.930. The van der Waals surface area contributed by atoms with Crippen LogP contribution < -0.4 is 14.0 Å². The van der Waals surface area contributed by atoms with Crippen LogP contribution in [-0.2, 0) is 10.0 Å². The molecule has 5 aromatic rings. The van der Waals surface area contributed by atoms with Crippen molar-refractivity contribution in [3.63, 3.8) is 0 Å². The number of carbonyl (C=O) groups excluding carboxylic acids is 1. The first-order valence-corrected chi connectivity index (χ1v) is 13.7. The van der Waals surface area contributed by atoms with E-state index < -0.39 is 21.1 Å². The Hall–Kier alpha value is -3.95. The molecule has 0 saturated heterocycles. The van der Waals surface area contributed by atoms with Gasteiger partial charge in [-0.05, 0) is 68.1 Å². The molecule has 0 aliphatic rings. The van der Waals surface area contributed by atoms with Gasteiger partial charge in [-0.2, -0.15) is 4.31 Å². The fourth-order valence-corrected chi connectivity index (χ4v) is 7.10. The largest absolute Gasteiger partial charge is 0.434 e. The van der Waals surface area contributed by atoms with Crippen LogP contribution >= 0.6 is 11.3 Å². The highest BCUT2D eigenvalue weighted by Crippen LogP contribution is 2.39. The Morgan fingerprint density at radius 1 is 0.865 bits per heavy atom. The number of carbonyl (C=O) groups is 1. The van der Waals surface area contributed by atoms with E-state index >= 15 is 0 Å². The fourth-order valence-electron chi connectivity index (χ4n) is 4.46. The third-order valence-electron chi connectivity index (χ3n) is 6.45. The minimum atomic E-state index is -4.48. The summed E-state index contributed by atoms with van der Waals surface area (Å²) < 4.78 is 41.0. The van der Waals surface area contributed by atoms with Gasteiger partial charge in [0.25, 0.3) is 10.0 Å². The third kappa shape index (κ3) is 4.20. The van der Waals surface area contributed by atoms with Crippen LogP contribution in [0.3, 0.4) is 0 Å². The van der Waals surface area contributed by atoms with Gasteiger partial charge in [0, 0.05) is 10.8 Å². The highest BCUT2D eigenvalue weighted by atomic mass is 32.2. The Labute approximate surface area is 217 Å². The molecule has 0 unspecified atom stereocenters. The maximum Gasteiger partial charge on any atom is 0.434 e. The molecule has 0 bridgehead atoms. The number of ether oxygens (including phenoxy) is 1. The van der Waals surface area contributed by atoms with E-state index in [4.69, 9.17) is 9.15 Å². The molecule has 37 heavy (non-hydrogen) atoms. The lowest BCUT2D eigenvalue weighted by atomic mass is 10.0. The quantitative estimate of drug-likeness (QED) is 0.257. The van der Waals surface area contributed by atoms with Crippen molar-refractivity contribution in [2.45, 2.75) is 32.6 Å². The second-order valence-corrected chi connectivity index (χ2v) is 11.5. The molecule has 4 aromatic carbocycles. The molecular weight excluding hydrogens is 510 g/mol. The SMILES string of the molecule is Cc1cc(C)c(C)c(S(=O)(=O)N(C(=O)Oc2ccccc2)c2cc3sc(=O)oc3c3ccccc23)c1C. The van der Waals surface area contributed by atoms with Crippen molar-refractivity contribution in [1.82, 2.24) is 0 Å². The molecule has 9 heteroatoms. The first-order chi connectivity index (χ1) is 17.6. The summed E-state index contributed by atoms with van der Waals surface area (Å²) in [7, 11) is -4.48. The van der Waals surface area contributed by atoms with Gasteiger partial charge in [-0.3, -0.25) is 0 Å². The number of hydrogen-bond acceptors (Lipinski definition) is 7. The first-order valence-electron chi connectivity index (χ1n) is 11.4. The molecule has 0 aliphatic carbocycles. The van der Waals surface area contributed by atoms with Crippen LogP contribution in [0.25, 0.3) is 21.1 Å². The van der Waals surface area contributed by atoms with Crippen LogP contribution in [-0.4, -0.2) is 14.5 Å². The van der Waals surface area contributed by atoms with Crippen molar-refractivity contribution in [3.05, 3.63) is 98.7 Å². The summed E-state index contributed by atoms with van der Waals surface area (Å²) in [5.41, 5.74) is 3.05. The molecule has 0 saturated carbocycles. The zero-order valence-corrected chi connectivity index (χ0v) is 22.2. The Kier molecular flexibility index (Phi) is 6.13. The van der Waals surface area contributed by atoms with Gasteiger partial charge in [0.1, 0.15) is 5.75 Å². The molecule has 1 heterocycles. The maximum atomic E-state index is 14.4. The normalized spacial score (nSPS) is 11.7. The molecule has 0 fully saturated rings. The summed E-state index contributed by atoms with van der Waals surface area (Å²) in [5.74, 6) is 0.194. The summed E-state index contributed by atoms with van der Waals surface area (Å²) in [4.78, 5) is 25.4. The Bertz CT molecular complexity index is 1830. The second-order valence-electron chi connectivity index (χ2n) is 8.76. The monoisotopic (exact) mass is 533 g/mol. The number of anilines is 1. The Morgan fingerprint density at radius 2 is 1.46 bits per heavy atom. The van der Waals surface area contributed by atoms with E-state index in [1.807, 2.05) is 19.9 Å². The van der Waals surface area contributed by atoms with Gasteiger partial charge in [-0.25, -0.2) is 18.0 Å². The maximum absolute atomic E-state index is 14.4. The van der Waals surface area contributed by atoms with E-state index in [-0.39, 0.29) is 16.3 Å². The number of hydrogen-bond donors (Lipinski definition) is 0. The molecule has 0 spiro atoms. The van der Waals surface area contributed by atoms with E-state index in [1.54, 1.807) is 68.4 Å². The van der Waals surface area contributed by atoms with Crippen LogP contribution in [0.1, 0.15) is 22.3 Å². The van der Waals surface area contributed by atoms with Crippen LogP contribution in [0.2, 0.25) is 0 Å². The second kappa shape index (κ2) is 9.17. The van der Waals surface area contributed by atoms with Gasteiger partial charge in [-0.1, -0.05) is 59.9 Å². The van der Waals surface area contributed by atoms with E-state index in [1.165, 1.54) is 6.07 Å². The van der Waals surface area contributed by atoms with Crippen molar-refractivity contribution in [1.29, 1.82) is 0 Å². The number of fused-ring (bicyclic) bond motifs is 3. The number of benzene rings is 4. The van der Waals surface area contributed by atoms with Crippen LogP contribution in [0.4, 0.5) is 10.5 Å². The Balaban J connectivity index is 1.84. The van der Waals surface area contributed by atoms with E-state index in [2.05, 4.69) is 0 Å². The fraction of sp³-hybridized carbons (Fsp3) is 0.143. The van der Waals surface area contributed by atoms with Crippen LogP contribution in [0.5, 0.6) is 5.75 Å². The molecule has 1 aromatic heterocycles. The summed E-state index contributed by atoms with van der Waals surface area (Å²) in [6, 6.07) is 18.6. The predicted octanol–water partition coefficient (Wildman–Crippen LogP) is 6.64. The van der Waals surface area contributed by atoms with Crippen molar-refractivity contribution in [3.8, 4) is 5.75 Å². The van der Waals surface area contributed by atoms with Crippen molar-refractivity contribution < 1.29 is 22.4 Å². The smallest absolute Gasteiger partial charge is 0.413 e. The standard InChI is InChI=1S/C28H23NO6S2/c1-16-14-17(2)19(4)26(18(16)3)37(32,33)29(27(30)34-20-10-6-5-7-11-20)23-15-24-25(35-28(31)36-24)22-13-9-8-12-21(22)23/h5-15H,1-4H3. The highest BCUT2D eigenvalue weighted by molar-refractivity contribution is 7.93. The van der Waals surface area contributed by atoms with Crippen molar-refractivity contribution >= 4 is 54.2 Å². The zero-order valence-electron chi connectivity index (χ0n) is 20.6. The minimum absolute atomic E-state index is 0.0413. The Morgan fingerprint density at radius 3 is 2.11 bits per heavy atom. The van der Waals surface area contributed by atoms with Gasteiger partial charge in [-0.15, -0.1) is 0 Å². The van der Waals surface area contributed by atoms with Gasteiger partial charge < -0.3 is 9.15 Å². The average Bonchev–Trinajstić information content (AvgIpc) is 3.24. The first kappa shape index (κ1) is 24.7. The molecule has 7 nitrogen and oxygen atoms in total. The van der Waals surface area contributed by atoms with Gasteiger partial charge in [0.2, 0.25) is 0 Å². The average molecular weight is 534 g/mol. The van der Waals surface area contributed by atoms with E-state index in [0.29, 0.717) is 36.5 Å². The third-order valence-corrected chi connectivity index (χ3v) is 9.17. The van der Waals surface area contributed by atoms with Gasteiger partial charge >= 0.3 is 11.0 Å². The molecule has 188 valence electrons. The molecule has 1 amide bonds. The summed E-state index contributed by atoms with van der Waals surface area (Å²) in [6.45, 7) is 7.10. The van der Waals surface area contributed by atoms with Crippen molar-refractivity contribution in [2.24, 2.45) is 0 Å². The predicted molar refractivity (Wildman–Crippen MR) is 145 cm³/mol. The van der Waals surface area contributed by atoms with E-state index in [9.17, 15) is 18.0 Å². The zero-order chi connectivity index (χ0) is 26.5. The van der Waals surface area contributed by atoms with Gasteiger partial charge in [0.05, 0.1) is 15.3 Å². The lowest BCUT2D eigenvalue weighted by Gasteiger charge is -2.26.